The van der Waals surface area contributed by atoms with E-state index in [2.05, 4.69) is 0 Å². The zero-order valence-electron chi connectivity index (χ0n) is 18.6. The molecule has 1 fully saturated rings. The second-order valence-electron chi connectivity index (χ2n) is 8.76. The van der Waals surface area contributed by atoms with E-state index in [0.717, 1.165) is 36.8 Å². The van der Waals surface area contributed by atoms with Crippen molar-refractivity contribution in [1.82, 2.24) is 0 Å². The predicted molar refractivity (Wildman–Crippen MR) is 122 cm³/mol. The van der Waals surface area contributed by atoms with Gasteiger partial charge in [0, 0.05) is 5.56 Å². The normalized spacial score (nSPS) is 18.7. The van der Waals surface area contributed by atoms with E-state index in [4.69, 9.17) is 4.74 Å². The standard InChI is InChI=1S/C28H29F3O/c1-3-20-9-6-19(16-26(20)29)17-32-23-12-10-22(11-13-23)25-15-14-24(27(30)28(25)31)21-7-4-18(2)5-8-21/h4-9,14-16,22-23H,3,10-13,17H2,1-2H3. The molecule has 0 aliphatic heterocycles. The Morgan fingerprint density at radius 2 is 1.56 bits per heavy atom. The van der Waals surface area contributed by atoms with Crippen LogP contribution in [0.15, 0.2) is 54.6 Å². The Morgan fingerprint density at radius 3 is 2.22 bits per heavy atom. The Balaban J connectivity index is 1.37. The van der Waals surface area contributed by atoms with Crippen LogP contribution in [0.3, 0.4) is 0 Å². The number of aryl methyl sites for hydroxylation is 2. The van der Waals surface area contributed by atoms with Crippen LogP contribution in [0.2, 0.25) is 0 Å². The fraction of sp³-hybridized carbons (Fsp3) is 0.357. The second-order valence-corrected chi connectivity index (χ2v) is 8.76. The lowest BCUT2D eigenvalue weighted by Crippen LogP contribution is -2.21. The topological polar surface area (TPSA) is 9.23 Å². The molecular weight excluding hydrogens is 409 g/mol. The number of benzene rings is 3. The van der Waals surface area contributed by atoms with E-state index >= 15 is 0 Å². The lowest BCUT2D eigenvalue weighted by atomic mass is 9.82. The van der Waals surface area contributed by atoms with Gasteiger partial charge in [-0.2, -0.15) is 0 Å². The van der Waals surface area contributed by atoms with Crippen LogP contribution in [-0.4, -0.2) is 6.10 Å². The van der Waals surface area contributed by atoms with E-state index in [1.807, 2.05) is 50.2 Å². The molecule has 0 spiro atoms. The van der Waals surface area contributed by atoms with Gasteiger partial charge in [-0.1, -0.05) is 61.0 Å². The molecule has 1 nitrogen and oxygen atoms in total. The molecule has 0 saturated heterocycles. The van der Waals surface area contributed by atoms with Gasteiger partial charge >= 0.3 is 0 Å². The van der Waals surface area contributed by atoms with E-state index in [-0.39, 0.29) is 17.8 Å². The lowest BCUT2D eigenvalue weighted by Gasteiger charge is -2.29. The molecule has 0 radical (unpaired) electrons. The molecule has 32 heavy (non-hydrogen) atoms. The summed E-state index contributed by atoms with van der Waals surface area (Å²) in [5, 5.41) is 0. The fourth-order valence-corrected chi connectivity index (χ4v) is 4.56. The SMILES string of the molecule is CCc1ccc(COC2CCC(c3ccc(-c4ccc(C)cc4)c(F)c3F)CC2)cc1F. The second kappa shape index (κ2) is 9.91. The molecule has 0 amide bonds. The maximum Gasteiger partial charge on any atom is 0.166 e. The molecule has 0 aromatic heterocycles. The molecule has 0 atom stereocenters. The number of hydrogen-bond donors (Lipinski definition) is 0. The molecule has 0 unspecified atom stereocenters. The first-order valence-electron chi connectivity index (χ1n) is 11.4. The summed E-state index contributed by atoms with van der Waals surface area (Å²) in [5.74, 6) is -1.72. The molecule has 3 aromatic rings. The van der Waals surface area contributed by atoms with Crippen molar-refractivity contribution in [2.24, 2.45) is 0 Å². The van der Waals surface area contributed by atoms with Gasteiger partial charge in [0.15, 0.2) is 11.6 Å². The van der Waals surface area contributed by atoms with E-state index in [0.29, 0.717) is 35.3 Å². The molecule has 0 N–H and O–H groups in total. The van der Waals surface area contributed by atoms with Gasteiger partial charge in [0.05, 0.1) is 12.7 Å². The third-order valence-electron chi connectivity index (χ3n) is 6.57. The van der Waals surface area contributed by atoms with Gasteiger partial charge in [0.2, 0.25) is 0 Å². The summed E-state index contributed by atoms with van der Waals surface area (Å²) in [5.41, 5.74) is 4.03. The summed E-state index contributed by atoms with van der Waals surface area (Å²) in [6.07, 6.45) is 3.77. The van der Waals surface area contributed by atoms with Crippen LogP contribution in [0.1, 0.15) is 60.8 Å². The molecule has 1 saturated carbocycles. The van der Waals surface area contributed by atoms with Crippen molar-refractivity contribution in [3.8, 4) is 11.1 Å². The first kappa shape index (κ1) is 22.6. The van der Waals surface area contributed by atoms with Crippen LogP contribution >= 0.6 is 0 Å². The van der Waals surface area contributed by atoms with Gasteiger partial charge in [0.25, 0.3) is 0 Å². The largest absolute Gasteiger partial charge is 0.374 e. The lowest BCUT2D eigenvalue weighted by molar-refractivity contribution is 0.0130. The number of rotatable bonds is 6. The zero-order chi connectivity index (χ0) is 22.7. The van der Waals surface area contributed by atoms with Crippen molar-refractivity contribution in [2.45, 2.75) is 64.6 Å². The Kier molecular flexibility index (Phi) is 7.00. The summed E-state index contributed by atoms with van der Waals surface area (Å²) in [6, 6.07) is 16.1. The van der Waals surface area contributed by atoms with E-state index in [1.54, 1.807) is 12.1 Å². The number of halogens is 3. The third kappa shape index (κ3) is 4.91. The Labute approximate surface area is 188 Å². The predicted octanol–water partition coefficient (Wildman–Crippen LogP) is 7.88. The van der Waals surface area contributed by atoms with Crippen molar-refractivity contribution >= 4 is 0 Å². The molecule has 0 heterocycles. The van der Waals surface area contributed by atoms with Gasteiger partial charge in [0.1, 0.15) is 5.82 Å². The maximum atomic E-state index is 14.9. The minimum Gasteiger partial charge on any atom is -0.374 e. The minimum absolute atomic E-state index is 0.0160. The van der Waals surface area contributed by atoms with Crippen LogP contribution in [0.4, 0.5) is 13.2 Å². The summed E-state index contributed by atoms with van der Waals surface area (Å²) < 4.78 is 49.7. The summed E-state index contributed by atoms with van der Waals surface area (Å²) in [4.78, 5) is 0. The van der Waals surface area contributed by atoms with Crippen LogP contribution in [0.5, 0.6) is 0 Å². The molecule has 4 rings (SSSR count). The molecule has 1 aliphatic carbocycles. The highest BCUT2D eigenvalue weighted by Gasteiger charge is 2.27. The van der Waals surface area contributed by atoms with Crippen LogP contribution in [0, 0.1) is 24.4 Å². The zero-order valence-corrected chi connectivity index (χ0v) is 18.6. The van der Waals surface area contributed by atoms with Gasteiger partial charge in [-0.25, -0.2) is 13.2 Å². The van der Waals surface area contributed by atoms with Crippen molar-refractivity contribution in [2.75, 3.05) is 0 Å². The van der Waals surface area contributed by atoms with Crippen LogP contribution in [-0.2, 0) is 17.8 Å². The Hall–Kier alpha value is -2.59. The highest BCUT2D eigenvalue weighted by Crippen LogP contribution is 2.38. The average Bonchev–Trinajstić information content (AvgIpc) is 2.81. The molecule has 1 aliphatic rings. The van der Waals surface area contributed by atoms with Gasteiger partial charge in [-0.15, -0.1) is 0 Å². The molecule has 168 valence electrons. The summed E-state index contributed by atoms with van der Waals surface area (Å²) >= 11 is 0. The highest BCUT2D eigenvalue weighted by molar-refractivity contribution is 5.65. The third-order valence-corrected chi connectivity index (χ3v) is 6.57. The first-order chi connectivity index (χ1) is 15.5. The van der Waals surface area contributed by atoms with E-state index in [9.17, 15) is 13.2 Å². The molecule has 3 aromatic carbocycles. The van der Waals surface area contributed by atoms with Gasteiger partial charge in [-0.05, 0) is 73.3 Å². The van der Waals surface area contributed by atoms with Crippen molar-refractivity contribution in [3.63, 3.8) is 0 Å². The summed E-state index contributed by atoms with van der Waals surface area (Å²) in [7, 11) is 0. The quantitative estimate of drug-likeness (QED) is 0.380. The van der Waals surface area contributed by atoms with Crippen molar-refractivity contribution in [1.29, 1.82) is 0 Å². The van der Waals surface area contributed by atoms with Crippen LogP contribution in [0.25, 0.3) is 11.1 Å². The van der Waals surface area contributed by atoms with E-state index < -0.39 is 11.6 Å². The highest BCUT2D eigenvalue weighted by atomic mass is 19.2. The van der Waals surface area contributed by atoms with Crippen molar-refractivity contribution in [3.05, 3.63) is 94.3 Å². The van der Waals surface area contributed by atoms with Crippen LogP contribution < -0.4 is 0 Å². The maximum absolute atomic E-state index is 14.9. The molecule has 0 bridgehead atoms. The average molecular weight is 439 g/mol. The Bertz CT molecular complexity index is 1070. The molecule has 4 heteroatoms. The first-order valence-corrected chi connectivity index (χ1v) is 11.4. The summed E-state index contributed by atoms with van der Waals surface area (Å²) in [6.45, 7) is 4.26. The van der Waals surface area contributed by atoms with Gasteiger partial charge < -0.3 is 4.74 Å². The number of ether oxygens (including phenoxy) is 1. The van der Waals surface area contributed by atoms with Gasteiger partial charge in [-0.3, -0.25) is 0 Å². The molecular formula is C28H29F3O. The number of hydrogen-bond acceptors (Lipinski definition) is 1. The fourth-order valence-electron chi connectivity index (χ4n) is 4.56. The smallest absolute Gasteiger partial charge is 0.166 e. The minimum atomic E-state index is -0.776. The monoisotopic (exact) mass is 438 g/mol. The Morgan fingerprint density at radius 1 is 0.844 bits per heavy atom. The van der Waals surface area contributed by atoms with Crippen molar-refractivity contribution < 1.29 is 17.9 Å². The van der Waals surface area contributed by atoms with E-state index in [1.165, 1.54) is 6.07 Å².